The lowest BCUT2D eigenvalue weighted by molar-refractivity contribution is -0.304. The van der Waals surface area contributed by atoms with E-state index in [9.17, 15) is 30.0 Å². The number of esters is 1. The highest BCUT2D eigenvalue weighted by Crippen LogP contribution is 2.35. The van der Waals surface area contributed by atoms with Crippen LogP contribution >= 0.6 is 0 Å². The molecule has 0 saturated carbocycles. The van der Waals surface area contributed by atoms with Gasteiger partial charge in [0.15, 0.2) is 18.4 Å². The maximum atomic E-state index is 14.1. The average Bonchev–Trinajstić information content (AvgIpc) is 3.30. The molecule has 2 saturated heterocycles. The van der Waals surface area contributed by atoms with E-state index in [0.29, 0.717) is 32.4 Å². The standard InChI is InChI=1S/C52H77N3O13/c1-12-42-38(29-64-52-50(63-11)49(62-10)46(60)34(6)66-52)24-30(2)19-20-40(56)31(3)25-37(21-23-55(9)22-15-16-35-26-36-17-13-14-18-39(36)53-28-35)48(32(4)41(57)27-43(58)67-42)68-51-47(61)44(54(7)8)45(59)33(5)65-51/h13-14,17-20,24,26,28,31-34,37-38,41-42,44-52,57,59-61H,12,21-23,25,27,29H2,1-11H3/b20-19+,30-24+/t31-,32+,33-,34-,37+,38-,41-,42-,44+,45-,46-,47-,48-,49-,50-,51?,52-/m1/s1. The molecule has 4 N–H and O–H groups in total. The Kier molecular flexibility index (Phi) is 21.1. The molecule has 1 unspecified atom stereocenters. The number of hydrogen-bond donors (Lipinski definition) is 4. The zero-order valence-corrected chi connectivity index (χ0v) is 41.8. The molecule has 0 spiro atoms. The first kappa shape index (κ1) is 55.3. The number of nitrogens with zero attached hydrogens (tertiary/aromatic N) is 3. The van der Waals surface area contributed by atoms with Crippen LogP contribution in [0.25, 0.3) is 10.9 Å². The number of cyclic esters (lactones) is 1. The molecule has 2 fully saturated rings. The van der Waals surface area contributed by atoms with Crippen molar-refractivity contribution in [2.75, 3.05) is 55.1 Å². The van der Waals surface area contributed by atoms with E-state index in [1.807, 2.05) is 64.2 Å². The predicted molar refractivity (Wildman–Crippen MR) is 256 cm³/mol. The van der Waals surface area contributed by atoms with Crippen molar-refractivity contribution in [1.29, 1.82) is 0 Å². The minimum atomic E-state index is -1.28. The van der Waals surface area contributed by atoms with E-state index < -0.39 is 109 Å². The van der Waals surface area contributed by atoms with Gasteiger partial charge >= 0.3 is 5.97 Å². The summed E-state index contributed by atoms with van der Waals surface area (Å²) in [6.07, 6.45) is -3.17. The van der Waals surface area contributed by atoms with Crippen molar-refractivity contribution in [3.05, 3.63) is 65.9 Å². The molecule has 0 aliphatic carbocycles. The molecule has 16 heteroatoms. The summed E-state index contributed by atoms with van der Waals surface area (Å²) in [7, 11) is 8.44. The number of likely N-dealkylation sites (N-methyl/N-ethyl adjacent to an activating group) is 1. The second kappa shape index (κ2) is 26.0. The van der Waals surface area contributed by atoms with Crippen molar-refractivity contribution < 1.29 is 63.2 Å². The second-order valence-corrected chi connectivity index (χ2v) is 19.2. The summed E-state index contributed by atoms with van der Waals surface area (Å²) in [6.45, 7) is 11.8. The fourth-order valence-corrected chi connectivity index (χ4v) is 9.57. The Morgan fingerprint density at radius 3 is 2.26 bits per heavy atom. The molecule has 5 rings (SSSR count). The van der Waals surface area contributed by atoms with Crippen molar-refractivity contribution in [2.45, 2.75) is 147 Å². The molecule has 16 nitrogen and oxygen atoms in total. The van der Waals surface area contributed by atoms with Crippen LogP contribution in [0.2, 0.25) is 0 Å². The van der Waals surface area contributed by atoms with Crippen LogP contribution in [-0.2, 0) is 42.7 Å². The van der Waals surface area contributed by atoms with Gasteiger partial charge in [0.05, 0.1) is 61.7 Å². The van der Waals surface area contributed by atoms with Crippen molar-refractivity contribution in [1.82, 2.24) is 14.8 Å². The quantitative estimate of drug-likeness (QED) is 0.167. The van der Waals surface area contributed by atoms with Gasteiger partial charge in [-0.15, -0.1) is 0 Å². The van der Waals surface area contributed by atoms with Crippen molar-refractivity contribution >= 4 is 22.7 Å². The van der Waals surface area contributed by atoms with Crippen LogP contribution in [0.15, 0.2) is 60.3 Å². The highest BCUT2D eigenvalue weighted by atomic mass is 16.7. The van der Waals surface area contributed by atoms with Gasteiger partial charge in [0.1, 0.15) is 30.5 Å². The molecular formula is C52H77N3O13. The summed E-state index contributed by atoms with van der Waals surface area (Å²) in [5.74, 6) is 3.58. The van der Waals surface area contributed by atoms with Crippen molar-refractivity contribution in [2.24, 2.45) is 23.7 Å². The summed E-state index contributed by atoms with van der Waals surface area (Å²) >= 11 is 0. The summed E-state index contributed by atoms with van der Waals surface area (Å²) in [5.41, 5.74) is 2.43. The Hall–Kier alpha value is -3.67. The Labute approximate surface area is 402 Å². The third kappa shape index (κ3) is 14.5. The van der Waals surface area contributed by atoms with Gasteiger partial charge in [-0.05, 0) is 91.8 Å². The number of carbonyl (C=O) groups excluding carboxylic acids is 2. The zero-order valence-electron chi connectivity index (χ0n) is 41.8. The Morgan fingerprint density at radius 2 is 1.57 bits per heavy atom. The fourth-order valence-electron chi connectivity index (χ4n) is 9.57. The number of ketones is 1. The summed E-state index contributed by atoms with van der Waals surface area (Å²) < 4.78 is 42.6. The number of allylic oxidation sites excluding steroid dienone is 3. The van der Waals surface area contributed by atoms with Gasteiger partial charge in [0, 0.05) is 49.1 Å². The third-order valence-electron chi connectivity index (χ3n) is 13.8. The van der Waals surface area contributed by atoms with E-state index in [0.717, 1.165) is 22.0 Å². The monoisotopic (exact) mass is 952 g/mol. The number of benzene rings is 1. The number of aliphatic hydroxyl groups is 4. The van der Waals surface area contributed by atoms with Crippen molar-refractivity contribution in [3.8, 4) is 11.8 Å². The number of aliphatic hydroxyl groups excluding tert-OH is 4. The highest BCUT2D eigenvalue weighted by Gasteiger charge is 2.48. The number of methoxy groups -OCH3 is 2. The van der Waals surface area contributed by atoms with Gasteiger partial charge < -0.3 is 58.5 Å². The highest BCUT2D eigenvalue weighted by molar-refractivity contribution is 5.91. The summed E-state index contributed by atoms with van der Waals surface area (Å²) in [6, 6.07) is 9.16. The molecule has 0 amide bonds. The first-order valence-electron chi connectivity index (χ1n) is 24.0. The topological polar surface area (TPSA) is 199 Å². The normalized spacial score (nSPS) is 37.0. The first-order chi connectivity index (χ1) is 32.4. The number of pyridine rings is 1. The van der Waals surface area contributed by atoms with Crippen LogP contribution in [0.4, 0.5) is 0 Å². The Balaban J connectivity index is 1.44. The first-order valence-corrected chi connectivity index (χ1v) is 24.0. The van der Waals surface area contributed by atoms with Crippen LogP contribution in [0, 0.1) is 35.5 Å². The number of ether oxygens (including phenoxy) is 7. The number of carbonyl (C=O) groups is 2. The SMILES string of the molecule is CC[C@H]1OC(=O)C[C@@H](O)[C@H](C)[C@@H](OC2O[C@H](C)[C@@H](O)[C@H](N(C)C)[C@H]2O)[C@@H](CCN(C)CC#Cc2cnc3ccccc3c2)C[C@@H](C)C(=O)/C=C/C(C)=C/[C@@H]1CO[C@@H]1O[C@H](C)[C@@H](O)[C@@H](OC)[C@H]1OC. The van der Waals surface area contributed by atoms with Gasteiger partial charge in [-0.25, -0.2) is 0 Å². The van der Waals surface area contributed by atoms with Gasteiger partial charge in [-0.1, -0.05) is 68.5 Å². The predicted octanol–water partition coefficient (Wildman–Crippen LogP) is 3.90. The molecule has 378 valence electrons. The minimum Gasteiger partial charge on any atom is -0.462 e. The van der Waals surface area contributed by atoms with Crippen LogP contribution in [0.5, 0.6) is 0 Å². The second-order valence-electron chi connectivity index (χ2n) is 19.2. The van der Waals surface area contributed by atoms with E-state index >= 15 is 0 Å². The number of aromatic nitrogens is 1. The van der Waals surface area contributed by atoms with E-state index in [-0.39, 0.29) is 18.8 Å². The number of rotatable bonds is 13. The molecule has 17 atom stereocenters. The number of hydrogen-bond acceptors (Lipinski definition) is 16. The number of para-hydroxylation sites is 1. The van der Waals surface area contributed by atoms with Crippen LogP contribution in [0.1, 0.15) is 72.8 Å². The van der Waals surface area contributed by atoms with Gasteiger partial charge in [0.25, 0.3) is 0 Å². The molecule has 1 aromatic heterocycles. The molecule has 68 heavy (non-hydrogen) atoms. The minimum absolute atomic E-state index is 0.0209. The lowest BCUT2D eigenvalue weighted by Gasteiger charge is -2.46. The van der Waals surface area contributed by atoms with Gasteiger partial charge in [-0.2, -0.15) is 0 Å². The van der Waals surface area contributed by atoms with E-state index in [2.05, 4.69) is 21.7 Å². The molecule has 0 bridgehead atoms. The average molecular weight is 952 g/mol. The van der Waals surface area contributed by atoms with E-state index in [1.165, 1.54) is 14.2 Å². The third-order valence-corrected chi connectivity index (χ3v) is 13.8. The molecule has 4 heterocycles. The molecule has 1 aromatic carbocycles. The molecule has 3 aliphatic rings. The fraction of sp³-hybridized carbons (Fsp3) is 0.673. The summed E-state index contributed by atoms with van der Waals surface area (Å²) in [4.78, 5) is 36.3. The number of fused-ring (bicyclic) bond motifs is 1. The van der Waals surface area contributed by atoms with Gasteiger partial charge in [0.2, 0.25) is 0 Å². The lowest BCUT2D eigenvalue weighted by Crippen LogP contribution is -2.63. The van der Waals surface area contributed by atoms with Gasteiger partial charge in [-0.3, -0.25) is 19.5 Å². The maximum Gasteiger partial charge on any atom is 0.308 e. The largest absolute Gasteiger partial charge is 0.462 e. The van der Waals surface area contributed by atoms with Crippen LogP contribution < -0.4 is 0 Å². The Morgan fingerprint density at radius 1 is 0.882 bits per heavy atom. The van der Waals surface area contributed by atoms with Crippen LogP contribution in [-0.4, -0.2) is 182 Å². The lowest BCUT2D eigenvalue weighted by atomic mass is 9.79. The molecular weight excluding hydrogens is 875 g/mol. The van der Waals surface area contributed by atoms with E-state index in [1.54, 1.807) is 58.1 Å². The molecule has 2 aromatic rings. The smallest absolute Gasteiger partial charge is 0.308 e. The Bertz CT molecular complexity index is 2060. The van der Waals surface area contributed by atoms with Crippen molar-refractivity contribution in [3.63, 3.8) is 0 Å². The van der Waals surface area contributed by atoms with Crippen LogP contribution in [0.3, 0.4) is 0 Å². The zero-order chi connectivity index (χ0) is 49.8. The summed E-state index contributed by atoms with van der Waals surface area (Å²) in [5, 5.41) is 46.4. The molecule has 3 aliphatic heterocycles. The van der Waals surface area contributed by atoms with E-state index in [4.69, 9.17) is 33.2 Å². The molecule has 0 radical (unpaired) electrons. The maximum absolute atomic E-state index is 14.1.